The van der Waals surface area contributed by atoms with E-state index in [1.165, 1.54) is 5.56 Å². The molecule has 4 rings (SSSR count). The highest BCUT2D eigenvalue weighted by Gasteiger charge is 2.09. The molecule has 0 aliphatic carbocycles. The van der Waals surface area contributed by atoms with Crippen molar-refractivity contribution in [1.29, 1.82) is 0 Å². The van der Waals surface area contributed by atoms with Crippen LogP contribution in [0.2, 0.25) is 0 Å². The summed E-state index contributed by atoms with van der Waals surface area (Å²) in [6.07, 6.45) is 2.57. The Kier molecular flexibility index (Phi) is 7.94. The summed E-state index contributed by atoms with van der Waals surface area (Å²) in [4.78, 5) is 12.2. The normalized spacial score (nSPS) is 11.0. The minimum atomic E-state index is -0.340. The number of carbonyl (C=O) groups excluding carboxylic acids is 1. The van der Waals surface area contributed by atoms with Crippen molar-refractivity contribution >= 4 is 38.8 Å². The number of carbonyl (C=O) groups is 1. The molecule has 0 heterocycles. The zero-order chi connectivity index (χ0) is 23.8. The van der Waals surface area contributed by atoms with E-state index in [1.54, 1.807) is 6.21 Å². The zero-order valence-electron chi connectivity index (χ0n) is 18.8. The van der Waals surface area contributed by atoms with E-state index in [2.05, 4.69) is 33.4 Å². The molecule has 0 bridgehead atoms. The Balaban J connectivity index is 1.44. The van der Waals surface area contributed by atoms with Crippen molar-refractivity contribution < 1.29 is 14.3 Å². The summed E-state index contributed by atoms with van der Waals surface area (Å²) < 4.78 is 12.7. The molecule has 4 aromatic rings. The Morgan fingerprint density at radius 3 is 2.56 bits per heavy atom. The van der Waals surface area contributed by atoms with Gasteiger partial charge in [0.2, 0.25) is 0 Å². The molecule has 4 aromatic carbocycles. The Morgan fingerprint density at radius 1 is 0.941 bits per heavy atom. The molecule has 0 unspecified atom stereocenters. The summed E-state index contributed by atoms with van der Waals surface area (Å²) in [5.41, 5.74) is 5.60. The Bertz CT molecular complexity index is 1300. The highest BCUT2D eigenvalue weighted by Crippen LogP contribution is 2.27. The number of ether oxygens (including phenoxy) is 2. The second-order valence-electron chi connectivity index (χ2n) is 7.70. The standard InChI is InChI=1S/C28H25BrN2O3/c1-2-20-10-13-24(14-11-20)33-19-28(32)31-30-17-26-25-9-4-3-7-22(25)12-15-27(26)34-18-21-6-5-8-23(29)16-21/h3-17H,2,18-19H2,1H3,(H,31,32)/b30-17+. The van der Waals surface area contributed by atoms with Gasteiger partial charge in [0.1, 0.15) is 18.1 Å². The molecular weight excluding hydrogens is 492 g/mol. The van der Waals surface area contributed by atoms with Gasteiger partial charge in [-0.25, -0.2) is 5.43 Å². The third-order valence-corrected chi connectivity index (χ3v) is 5.79. The third-order valence-electron chi connectivity index (χ3n) is 5.30. The molecule has 6 heteroatoms. The molecule has 5 nitrogen and oxygen atoms in total. The quantitative estimate of drug-likeness (QED) is 0.210. The molecule has 0 spiro atoms. The van der Waals surface area contributed by atoms with E-state index in [0.29, 0.717) is 18.1 Å². The first kappa shape index (κ1) is 23.5. The van der Waals surface area contributed by atoms with Crippen LogP contribution in [-0.4, -0.2) is 18.7 Å². The fourth-order valence-corrected chi connectivity index (χ4v) is 3.94. The zero-order valence-corrected chi connectivity index (χ0v) is 20.4. The van der Waals surface area contributed by atoms with Crippen molar-refractivity contribution in [2.75, 3.05) is 6.61 Å². The summed E-state index contributed by atoms with van der Waals surface area (Å²) >= 11 is 3.49. The van der Waals surface area contributed by atoms with Crippen LogP contribution in [0.15, 0.2) is 94.5 Å². The minimum absolute atomic E-state index is 0.120. The minimum Gasteiger partial charge on any atom is -0.488 e. The Hall–Kier alpha value is -3.64. The average Bonchev–Trinajstić information content (AvgIpc) is 2.87. The largest absolute Gasteiger partial charge is 0.488 e. The van der Waals surface area contributed by atoms with E-state index in [9.17, 15) is 4.79 Å². The molecule has 0 aliphatic heterocycles. The third kappa shape index (κ3) is 6.23. The first-order valence-corrected chi connectivity index (χ1v) is 11.8. The van der Waals surface area contributed by atoms with Crippen molar-refractivity contribution in [2.45, 2.75) is 20.0 Å². The number of rotatable bonds is 9. The number of nitrogens with zero attached hydrogens (tertiary/aromatic N) is 1. The van der Waals surface area contributed by atoms with Gasteiger partial charge in [0.05, 0.1) is 6.21 Å². The van der Waals surface area contributed by atoms with Gasteiger partial charge in [0.25, 0.3) is 5.91 Å². The van der Waals surface area contributed by atoms with Gasteiger partial charge in [-0.3, -0.25) is 4.79 Å². The SMILES string of the molecule is CCc1ccc(OCC(=O)N/N=C/c2c(OCc3cccc(Br)c3)ccc3ccccc23)cc1. The van der Waals surface area contributed by atoms with E-state index < -0.39 is 0 Å². The summed E-state index contributed by atoms with van der Waals surface area (Å²) in [7, 11) is 0. The number of nitrogens with one attached hydrogen (secondary N) is 1. The van der Waals surface area contributed by atoms with Gasteiger partial charge in [-0.2, -0.15) is 5.10 Å². The maximum atomic E-state index is 12.2. The second-order valence-corrected chi connectivity index (χ2v) is 8.61. The molecule has 0 saturated carbocycles. The van der Waals surface area contributed by atoms with Crippen LogP contribution < -0.4 is 14.9 Å². The van der Waals surface area contributed by atoms with Gasteiger partial charge >= 0.3 is 0 Å². The number of hydrogen-bond acceptors (Lipinski definition) is 4. The molecule has 34 heavy (non-hydrogen) atoms. The summed E-state index contributed by atoms with van der Waals surface area (Å²) in [6, 6.07) is 27.6. The number of hydrazone groups is 1. The lowest BCUT2D eigenvalue weighted by Crippen LogP contribution is -2.24. The topological polar surface area (TPSA) is 59.9 Å². The lowest BCUT2D eigenvalue weighted by molar-refractivity contribution is -0.123. The summed E-state index contributed by atoms with van der Waals surface area (Å²) in [5.74, 6) is 0.991. The number of fused-ring (bicyclic) bond motifs is 1. The molecule has 1 N–H and O–H groups in total. The van der Waals surface area contributed by atoms with Gasteiger partial charge in [-0.15, -0.1) is 0 Å². The molecule has 0 saturated heterocycles. The van der Waals surface area contributed by atoms with Gasteiger partial charge in [0.15, 0.2) is 6.61 Å². The highest BCUT2D eigenvalue weighted by molar-refractivity contribution is 9.10. The number of halogens is 1. The fourth-order valence-electron chi connectivity index (χ4n) is 3.49. The predicted molar refractivity (Wildman–Crippen MR) is 139 cm³/mol. The van der Waals surface area contributed by atoms with Crippen LogP contribution >= 0.6 is 15.9 Å². The fraction of sp³-hybridized carbons (Fsp3) is 0.143. The first-order chi connectivity index (χ1) is 16.6. The van der Waals surface area contributed by atoms with Crippen LogP contribution in [0.25, 0.3) is 10.8 Å². The highest BCUT2D eigenvalue weighted by atomic mass is 79.9. The van der Waals surface area contributed by atoms with Crippen LogP contribution in [0.4, 0.5) is 0 Å². The number of benzene rings is 4. The Labute approximate surface area is 207 Å². The van der Waals surface area contributed by atoms with Crippen molar-refractivity contribution in [1.82, 2.24) is 5.43 Å². The molecule has 172 valence electrons. The van der Waals surface area contributed by atoms with Crippen molar-refractivity contribution in [3.8, 4) is 11.5 Å². The monoisotopic (exact) mass is 516 g/mol. The molecule has 0 aromatic heterocycles. The van der Waals surface area contributed by atoms with Crippen LogP contribution in [-0.2, 0) is 17.8 Å². The van der Waals surface area contributed by atoms with E-state index >= 15 is 0 Å². The van der Waals surface area contributed by atoms with Crippen LogP contribution in [0.3, 0.4) is 0 Å². The van der Waals surface area contributed by atoms with Crippen molar-refractivity contribution in [2.24, 2.45) is 5.10 Å². The molecular formula is C28H25BrN2O3. The molecule has 1 amide bonds. The maximum Gasteiger partial charge on any atom is 0.277 e. The van der Waals surface area contributed by atoms with Crippen LogP contribution in [0.5, 0.6) is 11.5 Å². The van der Waals surface area contributed by atoms with Gasteiger partial charge in [0, 0.05) is 10.0 Å². The molecule has 0 aliphatic rings. The number of hydrogen-bond donors (Lipinski definition) is 1. The van der Waals surface area contributed by atoms with E-state index in [0.717, 1.165) is 32.8 Å². The molecule has 0 radical (unpaired) electrons. The van der Waals surface area contributed by atoms with E-state index in [4.69, 9.17) is 9.47 Å². The van der Waals surface area contributed by atoms with Gasteiger partial charge < -0.3 is 9.47 Å². The van der Waals surface area contributed by atoms with Gasteiger partial charge in [-0.1, -0.05) is 77.5 Å². The van der Waals surface area contributed by atoms with Crippen LogP contribution in [0, 0.1) is 0 Å². The lowest BCUT2D eigenvalue weighted by atomic mass is 10.0. The number of aryl methyl sites for hydroxylation is 1. The molecule has 0 fully saturated rings. The summed E-state index contributed by atoms with van der Waals surface area (Å²) in [6.45, 7) is 2.38. The van der Waals surface area contributed by atoms with Crippen LogP contribution in [0.1, 0.15) is 23.6 Å². The van der Waals surface area contributed by atoms with Gasteiger partial charge in [-0.05, 0) is 58.7 Å². The van der Waals surface area contributed by atoms with Crippen molar-refractivity contribution in [3.63, 3.8) is 0 Å². The maximum absolute atomic E-state index is 12.2. The molecule has 0 atom stereocenters. The predicted octanol–water partition coefficient (Wildman–Crippen LogP) is 6.27. The first-order valence-electron chi connectivity index (χ1n) is 11.0. The van der Waals surface area contributed by atoms with E-state index in [1.807, 2.05) is 84.9 Å². The second kappa shape index (κ2) is 11.5. The summed E-state index contributed by atoms with van der Waals surface area (Å²) in [5, 5.41) is 6.21. The van der Waals surface area contributed by atoms with Crippen molar-refractivity contribution in [3.05, 3.63) is 106 Å². The lowest BCUT2D eigenvalue weighted by Gasteiger charge is -2.12. The van der Waals surface area contributed by atoms with E-state index in [-0.39, 0.29) is 12.5 Å². The average molecular weight is 517 g/mol. The number of amides is 1. The Morgan fingerprint density at radius 2 is 1.76 bits per heavy atom. The smallest absolute Gasteiger partial charge is 0.277 e.